The van der Waals surface area contributed by atoms with Gasteiger partial charge in [-0.25, -0.2) is 10.9 Å². The van der Waals surface area contributed by atoms with E-state index in [1.807, 2.05) is 18.2 Å². The summed E-state index contributed by atoms with van der Waals surface area (Å²) >= 11 is 0. The van der Waals surface area contributed by atoms with Gasteiger partial charge in [0.2, 0.25) is 5.96 Å². The lowest BCUT2D eigenvalue weighted by Gasteiger charge is -2.01. The van der Waals surface area contributed by atoms with Gasteiger partial charge in [0, 0.05) is 0 Å². The fraction of sp³-hybridized carbons (Fsp3) is 0. The molecule has 0 aliphatic heterocycles. The second kappa shape index (κ2) is 14.5. The van der Waals surface area contributed by atoms with Crippen molar-refractivity contribution in [1.29, 1.82) is 5.41 Å². The minimum absolute atomic E-state index is 0.0711. The molecule has 0 aliphatic rings. The van der Waals surface area contributed by atoms with E-state index >= 15 is 0 Å². The number of rotatable bonds is 10. The minimum atomic E-state index is -0.0711. The van der Waals surface area contributed by atoms with Crippen molar-refractivity contribution in [3.05, 3.63) is 98.2 Å². The number of guanidine groups is 1. The summed E-state index contributed by atoms with van der Waals surface area (Å²) in [7, 11) is 0. The van der Waals surface area contributed by atoms with E-state index in [1.54, 1.807) is 48.7 Å². The quantitative estimate of drug-likeness (QED) is 0.248. The average molecular weight is 321 g/mol. The number of allylic oxidation sites excluding steroid dienone is 12. The molecule has 3 N–H and O–H groups in total. The lowest BCUT2D eigenvalue weighted by molar-refractivity contribution is 0.893. The van der Waals surface area contributed by atoms with E-state index in [0.29, 0.717) is 0 Å². The molecule has 0 saturated carbocycles. The van der Waals surface area contributed by atoms with Crippen LogP contribution in [0.1, 0.15) is 0 Å². The fourth-order valence-corrected chi connectivity index (χ4v) is 1.23. The molecule has 0 fully saturated rings. The van der Waals surface area contributed by atoms with Gasteiger partial charge in [0.05, 0.1) is 12.4 Å². The smallest absolute Gasteiger partial charge is 0.230 e. The van der Waals surface area contributed by atoms with Crippen LogP contribution < -0.4 is 10.9 Å². The molecule has 0 heterocycles. The molecular weight excluding hydrogens is 298 g/mol. The van der Waals surface area contributed by atoms with Crippen LogP contribution in [0.25, 0.3) is 0 Å². The summed E-state index contributed by atoms with van der Waals surface area (Å²) in [6.07, 6.45) is 20.5. The number of nitrogens with one attached hydrogen (secondary N) is 3. The minimum Gasteiger partial charge on any atom is -0.266 e. The third-order valence-electron chi connectivity index (χ3n) is 2.29. The predicted octanol–water partition coefficient (Wildman–Crippen LogP) is 3.78. The van der Waals surface area contributed by atoms with Gasteiger partial charge in [-0.3, -0.25) is 5.41 Å². The van der Waals surface area contributed by atoms with Crippen molar-refractivity contribution >= 4 is 18.4 Å². The number of hydrogen-bond donors (Lipinski definition) is 3. The van der Waals surface area contributed by atoms with Crippen LogP contribution >= 0.6 is 0 Å². The van der Waals surface area contributed by atoms with Crippen molar-refractivity contribution in [2.24, 2.45) is 10.2 Å². The Morgan fingerprint density at radius 3 is 1.92 bits per heavy atom. The molecular formula is C19H23N5. The van der Waals surface area contributed by atoms with Gasteiger partial charge in [-0.1, -0.05) is 87.1 Å². The molecule has 0 spiro atoms. The van der Waals surface area contributed by atoms with Gasteiger partial charge in [-0.05, 0) is 11.1 Å². The second-order valence-corrected chi connectivity index (χ2v) is 4.10. The first-order chi connectivity index (χ1) is 11.7. The molecule has 0 bridgehead atoms. The summed E-state index contributed by atoms with van der Waals surface area (Å²) in [5, 5.41) is 15.5. The Hall–Kier alpha value is -3.47. The molecule has 24 heavy (non-hydrogen) atoms. The molecule has 0 amide bonds. The zero-order valence-electron chi connectivity index (χ0n) is 13.7. The molecule has 0 saturated heterocycles. The van der Waals surface area contributed by atoms with Gasteiger partial charge in [0.15, 0.2) is 0 Å². The maximum atomic E-state index is 7.65. The second-order valence-electron chi connectivity index (χ2n) is 4.10. The maximum absolute atomic E-state index is 7.65. The van der Waals surface area contributed by atoms with Crippen molar-refractivity contribution in [3.8, 4) is 0 Å². The molecule has 0 unspecified atom stereocenters. The van der Waals surface area contributed by atoms with Crippen molar-refractivity contribution in [2.45, 2.75) is 0 Å². The molecule has 0 aromatic heterocycles. The number of hydrazone groups is 2. The third kappa shape index (κ3) is 11.2. The van der Waals surface area contributed by atoms with Crippen LogP contribution in [-0.2, 0) is 0 Å². The van der Waals surface area contributed by atoms with Crippen molar-refractivity contribution < 1.29 is 0 Å². The van der Waals surface area contributed by atoms with Crippen LogP contribution in [-0.4, -0.2) is 18.4 Å². The van der Waals surface area contributed by atoms with E-state index < -0.39 is 0 Å². The Kier molecular flexibility index (Phi) is 12.4. The van der Waals surface area contributed by atoms with E-state index in [0.717, 1.165) is 11.1 Å². The Bertz CT molecular complexity index is 628. The standard InChI is InChI=1S/C19H23N5/c1-5-9-11-14-17(8-4)15-21-23-19(20)24-22-16-18(12-7-3)13-10-6-2/h5-16H,1-4H2,(H3,20,23,24)/b11-9-,13-10-,17-14+,18-12+,21-15+,22-16+. The van der Waals surface area contributed by atoms with Crippen molar-refractivity contribution in [2.75, 3.05) is 0 Å². The highest BCUT2D eigenvalue weighted by Gasteiger charge is 1.90. The number of nitrogens with zero attached hydrogens (tertiary/aromatic N) is 2. The molecule has 5 nitrogen and oxygen atoms in total. The molecule has 0 radical (unpaired) electrons. The topological polar surface area (TPSA) is 72.6 Å². The Labute approximate surface area is 143 Å². The van der Waals surface area contributed by atoms with Crippen LogP contribution in [0.5, 0.6) is 0 Å². The average Bonchev–Trinajstić information content (AvgIpc) is 2.58. The summed E-state index contributed by atoms with van der Waals surface area (Å²) in [5.74, 6) is -0.0711. The zero-order valence-corrected chi connectivity index (χ0v) is 13.7. The van der Waals surface area contributed by atoms with Gasteiger partial charge in [0.1, 0.15) is 0 Å². The summed E-state index contributed by atoms with van der Waals surface area (Å²) in [4.78, 5) is 0. The van der Waals surface area contributed by atoms with Gasteiger partial charge in [-0.2, -0.15) is 10.2 Å². The molecule has 0 rings (SSSR count). The Morgan fingerprint density at radius 1 is 0.750 bits per heavy atom. The maximum Gasteiger partial charge on any atom is 0.230 e. The summed E-state index contributed by atoms with van der Waals surface area (Å²) in [5.41, 5.74) is 6.61. The van der Waals surface area contributed by atoms with Gasteiger partial charge in [-0.15, -0.1) is 0 Å². The Balaban J connectivity index is 4.53. The summed E-state index contributed by atoms with van der Waals surface area (Å²) < 4.78 is 0. The normalized spacial score (nSPS) is 12.8. The van der Waals surface area contributed by atoms with Crippen LogP contribution in [0.2, 0.25) is 0 Å². The predicted molar refractivity (Wildman–Crippen MR) is 106 cm³/mol. The van der Waals surface area contributed by atoms with Crippen LogP contribution in [0, 0.1) is 5.41 Å². The van der Waals surface area contributed by atoms with E-state index in [1.165, 1.54) is 6.21 Å². The highest BCUT2D eigenvalue weighted by Crippen LogP contribution is 1.94. The van der Waals surface area contributed by atoms with E-state index in [4.69, 9.17) is 5.41 Å². The van der Waals surface area contributed by atoms with Gasteiger partial charge >= 0.3 is 0 Å². The molecule has 0 aliphatic carbocycles. The largest absolute Gasteiger partial charge is 0.266 e. The van der Waals surface area contributed by atoms with Crippen LogP contribution in [0.4, 0.5) is 0 Å². The highest BCUT2D eigenvalue weighted by molar-refractivity contribution is 5.86. The Morgan fingerprint density at radius 2 is 1.38 bits per heavy atom. The first-order valence-corrected chi connectivity index (χ1v) is 7.08. The zero-order chi connectivity index (χ0) is 18.0. The monoisotopic (exact) mass is 321 g/mol. The molecule has 124 valence electrons. The van der Waals surface area contributed by atoms with Crippen molar-refractivity contribution in [3.63, 3.8) is 0 Å². The van der Waals surface area contributed by atoms with Gasteiger partial charge < -0.3 is 0 Å². The lowest BCUT2D eigenvalue weighted by Crippen LogP contribution is -2.29. The summed E-state index contributed by atoms with van der Waals surface area (Å²) in [6.45, 7) is 14.5. The summed E-state index contributed by atoms with van der Waals surface area (Å²) in [6, 6.07) is 0. The van der Waals surface area contributed by atoms with Crippen LogP contribution in [0.15, 0.2) is 108 Å². The first-order valence-electron chi connectivity index (χ1n) is 7.08. The molecule has 5 heteroatoms. The van der Waals surface area contributed by atoms with Crippen molar-refractivity contribution in [1.82, 2.24) is 10.9 Å². The lowest BCUT2D eigenvalue weighted by atomic mass is 10.2. The first kappa shape index (κ1) is 20.5. The van der Waals surface area contributed by atoms with E-state index in [9.17, 15) is 0 Å². The fourth-order valence-electron chi connectivity index (χ4n) is 1.23. The number of hydrogen-bond acceptors (Lipinski definition) is 3. The molecule has 0 aromatic carbocycles. The third-order valence-corrected chi connectivity index (χ3v) is 2.29. The SMILES string of the molecule is C=C\C=C/C=C(C=C)/C=N/NC(=N)N/N=C/C(/C=C\C=C)=C/C=C. The molecule has 0 atom stereocenters. The highest BCUT2D eigenvalue weighted by atomic mass is 15.4. The molecule has 0 aromatic rings. The van der Waals surface area contributed by atoms with E-state index in [2.05, 4.69) is 47.4 Å². The van der Waals surface area contributed by atoms with Gasteiger partial charge in [0.25, 0.3) is 0 Å². The van der Waals surface area contributed by atoms with Crippen LogP contribution in [0.3, 0.4) is 0 Å². The van der Waals surface area contributed by atoms with E-state index in [-0.39, 0.29) is 5.96 Å².